The van der Waals surface area contributed by atoms with Gasteiger partial charge in [0.1, 0.15) is 0 Å². The molecule has 0 aromatic heterocycles. The molecule has 0 amide bonds. The van der Waals surface area contributed by atoms with E-state index in [0.29, 0.717) is 11.5 Å². The van der Waals surface area contributed by atoms with Gasteiger partial charge in [0.15, 0.2) is 11.6 Å². The first-order chi connectivity index (χ1) is 9.91. The quantitative estimate of drug-likeness (QED) is 0.805. The summed E-state index contributed by atoms with van der Waals surface area (Å²) < 4.78 is 27.4. The molecule has 0 unspecified atom stereocenters. The number of halogens is 3. The number of aromatic hydroxyl groups is 1. The van der Waals surface area contributed by atoms with Crippen LogP contribution in [0, 0.1) is 17.6 Å². The predicted octanol–water partition coefficient (Wildman–Crippen LogP) is 3.43. The highest BCUT2D eigenvalue weighted by atomic mass is 79.9. The van der Waals surface area contributed by atoms with Gasteiger partial charge in [-0.05, 0) is 34.3 Å². The maximum Gasteiger partial charge on any atom is 0.201 e. The van der Waals surface area contributed by atoms with Crippen LogP contribution in [0.5, 0.6) is 5.75 Å². The van der Waals surface area contributed by atoms with Crippen molar-refractivity contribution in [1.29, 1.82) is 0 Å². The Morgan fingerprint density at radius 2 is 1.90 bits per heavy atom. The third-order valence-electron chi connectivity index (χ3n) is 3.81. The Balaban J connectivity index is 2.40. The molecule has 1 aliphatic heterocycles. The van der Waals surface area contributed by atoms with Crippen molar-refractivity contribution in [3.63, 3.8) is 0 Å². The maximum atomic E-state index is 13.8. The van der Waals surface area contributed by atoms with Crippen LogP contribution in [0.1, 0.15) is 31.9 Å². The van der Waals surface area contributed by atoms with Gasteiger partial charge >= 0.3 is 0 Å². The topological polar surface area (TPSA) is 35.5 Å². The van der Waals surface area contributed by atoms with Crippen molar-refractivity contribution in [3.05, 3.63) is 27.7 Å². The standard InChI is InChI=1S/C15H21BrF2N2O/c1-9(2)7-12(20-5-3-19-4-6-20)10-8-11(16)13(17)14(18)15(10)21/h8-9,12,19,21H,3-7H2,1-2H3/t12-/m0/s1. The van der Waals surface area contributed by atoms with E-state index in [1.807, 2.05) is 0 Å². The maximum absolute atomic E-state index is 13.8. The van der Waals surface area contributed by atoms with Gasteiger partial charge in [0, 0.05) is 37.8 Å². The van der Waals surface area contributed by atoms with Gasteiger partial charge in [-0.2, -0.15) is 4.39 Å². The summed E-state index contributed by atoms with van der Waals surface area (Å²) in [6.07, 6.45) is 0.783. The van der Waals surface area contributed by atoms with Gasteiger partial charge in [-0.15, -0.1) is 0 Å². The molecule has 1 aliphatic rings. The molecule has 118 valence electrons. The largest absolute Gasteiger partial charge is 0.505 e. The van der Waals surface area contributed by atoms with Gasteiger partial charge in [0.05, 0.1) is 4.47 Å². The monoisotopic (exact) mass is 362 g/mol. The molecule has 1 aromatic carbocycles. The van der Waals surface area contributed by atoms with Crippen LogP contribution in [0.3, 0.4) is 0 Å². The second kappa shape index (κ2) is 7.03. The average Bonchev–Trinajstić information content (AvgIpc) is 2.47. The Hall–Kier alpha value is -0.720. The molecule has 1 saturated heterocycles. The number of nitrogens with zero attached hydrogens (tertiary/aromatic N) is 1. The van der Waals surface area contributed by atoms with E-state index in [4.69, 9.17) is 0 Å². The number of nitrogens with one attached hydrogen (secondary N) is 1. The van der Waals surface area contributed by atoms with Crippen molar-refractivity contribution in [2.75, 3.05) is 26.2 Å². The molecule has 0 radical (unpaired) electrons. The van der Waals surface area contributed by atoms with E-state index in [-0.39, 0.29) is 10.5 Å². The van der Waals surface area contributed by atoms with Crippen molar-refractivity contribution in [1.82, 2.24) is 10.2 Å². The average molecular weight is 363 g/mol. The van der Waals surface area contributed by atoms with E-state index in [2.05, 4.69) is 40.0 Å². The molecule has 2 N–H and O–H groups in total. The van der Waals surface area contributed by atoms with Crippen molar-refractivity contribution in [2.45, 2.75) is 26.3 Å². The predicted molar refractivity (Wildman–Crippen MR) is 82.4 cm³/mol. The molecule has 3 nitrogen and oxygen atoms in total. The van der Waals surface area contributed by atoms with Gasteiger partial charge in [0.2, 0.25) is 5.82 Å². The van der Waals surface area contributed by atoms with Crippen molar-refractivity contribution < 1.29 is 13.9 Å². The zero-order valence-electron chi connectivity index (χ0n) is 12.3. The third kappa shape index (κ3) is 3.73. The van der Waals surface area contributed by atoms with Crippen LogP contribution >= 0.6 is 15.9 Å². The molecular weight excluding hydrogens is 342 g/mol. The molecule has 1 heterocycles. The number of benzene rings is 1. The van der Waals surface area contributed by atoms with Crippen LogP contribution in [0.25, 0.3) is 0 Å². The van der Waals surface area contributed by atoms with Crippen molar-refractivity contribution >= 4 is 15.9 Å². The third-order valence-corrected chi connectivity index (χ3v) is 4.39. The highest BCUT2D eigenvalue weighted by molar-refractivity contribution is 9.10. The number of phenols is 1. The van der Waals surface area contributed by atoms with Gasteiger partial charge < -0.3 is 10.4 Å². The van der Waals surface area contributed by atoms with E-state index in [1.165, 1.54) is 6.07 Å². The zero-order valence-corrected chi connectivity index (χ0v) is 13.9. The lowest BCUT2D eigenvalue weighted by Gasteiger charge is -2.36. The minimum absolute atomic E-state index is 0.0525. The summed E-state index contributed by atoms with van der Waals surface area (Å²) in [6.45, 7) is 7.55. The van der Waals surface area contributed by atoms with Crippen LogP contribution in [-0.2, 0) is 0 Å². The van der Waals surface area contributed by atoms with Gasteiger partial charge in [-0.1, -0.05) is 13.8 Å². The number of hydrogen-bond donors (Lipinski definition) is 2. The molecule has 0 spiro atoms. The van der Waals surface area contributed by atoms with E-state index in [0.717, 1.165) is 32.6 Å². The Labute approximate surface area is 132 Å². The summed E-state index contributed by atoms with van der Waals surface area (Å²) in [4.78, 5) is 2.22. The Morgan fingerprint density at radius 1 is 1.29 bits per heavy atom. The summed E-state index contributed by atoms with van der Waals surface area (Å²) in [6, 6.07) is 1.39. The van der Waals surface area contributed by atoms with E-state index >= 15 is 0 Å². The number of phenolic OH excluding ortho intramolecular Hbond substituents is 1. The zero-order chi connectivity index (χ0) is 15.6. The SMILES string of the molecule is CC(C)C[C@@H](c1cc(Br)c(F)c(F)c1O)N1CCNCC1. The first-order valence-electron chi connectivity index (χ1n) is 7.23. The van der Waals surface area contributed by atoms with E-state index < -0.39 is 17.4 Å². The van der Waals surface area contributed by atoms with E-state index in [9.17, 15) is 13.9 Å². The lowest BCUT2D eigenvalue weighted by Crippen LogP contribution is -2.45. The summed E-state index contributed by atoms with van der Waals surface area (Å²) in [5.74, 6) is -2.40. The highest BCUT2D eigenvalue weighted by Gasteiger charge is 2.28. The Bertz CT molecular complexity index is 505. The van der Waals surface area contributed by atoms with Gasteiger partial charge in [-0.3, -0.25) is 4.90 Å². The molecule has 1 fully saturated rings. The molecule has 0 saturated carbocycles. The van der Waals surface area contributed by atoms with Crippen LogP contribution in [0.2, 0.25) is 0 Å². The molecule has 1 atom stereocenters. The molecule has 6 heteroatoms. The lowest BCUT2D eigenvalue weighted by molar-refractivity contribution is 0.150. The van der Waals surface area contributed by atoms with Crippen LogP contribution in [-0.4, -0.2) is 36.2 Å². The van der Waals surface area contributed by atoms with Crippen LogP contribution in [0.15, 0.2) is 10.5 Å². The minimum atomic E-state index is -1.18. The Morgan fingerprint density at radius 3 is 2.48 bits per heavy atom. The fourth-order valence-electron chi connectivity index (χ4n) is 2.77. The first-order valence-corrected chi connectivity index (χ1v) is 8.02. The van der Waals surface area contributed by atoms with E-state index in [1.54, 1.807) is 0 Å². The second-order valence-corrected chi connectivity index (χ2v) is 6.71. The molecule has 0 bridgehead atoms. The first kappa shape index (κ1) is 16.6. The lowest BCUT2D eigenvalue weighted by atomic mass is 9.94. The van der Waals surface area contributed by atoms with Crippen LogP contribution in [0.4, 0.5) is 8.78 Å². The minimum Gasteiger partial charge on any atom is -0.505 e. The molecule has 2 rings (SSSR count). The number of piperazine rings is 1. The molecular formula is C15H21BrF2N2O. The molecule has 0 aliphatic carbocycles. The summed E-state index contributed by atoms with van der Waals surface area (Å²) in [7, 11) is 0. The van der Waals surface area contributed by atoms with Crippen molar-refractivity contribution in [2.24, 2.45) is 5.92 Å². The second-order valence-electron chi connectivity index (χ2n) is 5.86. The van der Waals surface area contributed by atoms with Gasteiger partial charge in [-0.25, -0.2) is 4.39 Å². The highest BCUT2D eigenvalue weighted by Crippen LogP contribution is 2.38. The molecule has 21 heavy (non-hydrogen) atoms. The normalized spacial score (nSPS) is 18.2. The summed E-state index contributed by atoms with van der Waals surface area (Å²) >= 11 is 3.03. The smallest absolute Gasteiger partial charge is 0.201 e. The summed E-state index contributed by atoms with van der Waals surface area (Å²) in [5.41, 5.74) is 0.455. The molecule has 1 aromatic rings. The number of rotatable bonds is 4. The Kier molecular flexibility index (Phi) is 5.57. The van der Waals surface area contributed by atoms with Crippen LogP contribution < -0.4 is 5.32 Å². The summed E-state index contributed by atoms with van der Waals surface area (Å²) in [5, 5.41) is 13.3. The van der Waals surface area contributed by atoms with Crippen molar-refractivity contribution in [3.8, 4) is 5.75 Å². The fraction of sp³-hybridized carbons (Fsp3) is 0.600. The number of hydrogen-bond acceptors (Lipinski definition) is 3. The fourth-order valence-corrected chi connectivity index (χ4v) is 3.19. The van der Waals surface area contributed by atoms with Gasteiger partial charge in [0.25, 0.3) is 0 Å².